The number of hydrogen-bond acceptors (Lipinski definition) is 6. The van der Waals surface area contributed by atoms with E-state index in [1.807, 2.05) is 0 Å². The van der Waals surface area contributed by atoms with Gasteiger partial charge in [-0.2, -0.15) is 0 Å². The summed E-state index contributed by atoms with van der Waals surface area (Å²) in [6.45, 7) is 6.55. The van der Waals surface area contributed by atoms with Crippen LogP contribution in [0.25, 0.3) is 0 Å². The van der Waals surface area contributed by atoms with Crippen molar-refractivity contribution in [2.24, 2.45) is 0 Å². The van der Waals surface area contributed by atoms with Gasteiger partial charge in [-0.25, -0.2) is 0 Å². The van der Waals surface area contributed by atoms with Crippen molar-refractivity contribution in [1.29, 1.82) is 0 Å². The van der Waals surface area contributed by atoms with Gasteiger partial charge in [-0.1, -0.05) is 268 Å². The molecular weight excluding hydrogens is 865 g/mol. The summed E-state index contributed by atoms with van der Waals surface area (Å²) in [5.74, 6) is -0.888. The van der Waals surface area contributed by atoms with Gasteiger partial charge in [-0.15, -0.1) is 0 Å². The SMILES string of the molecule is CCCC/C=C\C/C=C\CCCCCCCC(=O)OC(COC(=O)CCCCCCCCC)COC(=O)CCCCCCCCCCCCCCCCCC/C=C\C/C=C\C/C=C\CCCCCCC. The van der Waals surface area contributed by atoms with E-state index >= 15 is 0 Å². The molecule has 0 fully saturated rings. The number of hydrogen-bond donors (Lipinski definition) is 0. The van der Waals surface area contributed by atoms with Crippen LogP contribution in [0.15, 0.2) is 60.8 Å². The molecule has 0 aliphatic carbocycles. The van der Waals surface area contributed by atoms with Crippen LogP contribution in [-0.4, -0.2) is 37.2 Å². The molecule has 0 saturated carbocycles. The Kier molecular flexibility index (Phi) is 56.3. The molecule has 6 nitrogen and oxygen atoms in total. The van der Waals surface area contributed by atoms with Crippen molar-refractivity contribution in [2.75, 3.05) is 13.2 Å². The van der Waals surface area contributed by atoms with Crippen molar-refractivity contribution in [3.63, 3.8) is 0 Å². The van der Waals surface area contributed by atoms with Crippen LogP contribution >= 0.6 is 0 Å². The molecular formula is C64H114O6. The summed E-state index contributed by atoms with van der Waals surface area (Å²) < 4.78 is 16.8. The van der Waals surface area contributed by atoms with Crippen LogP contribution in [0.2, 0.25) is 0 Å². The maximum Gasteiger partial charge on any atom is 0.306 e. The van der Waals surface area contributed by atoms with E-state index in [9.17, 15) is 14.4 Å². The van der Waals surface area contributed by atoms with Crippen molar-refractivity contribution in [3.05, 3.63) is 60.8 Å². The maximum atomic E-state index is 12.8. The third-order valence-electron chi connectivity index (χ3n) is 13.2. The lowest BCUT2D eigenvalue weighted by molar-refractivity contribution is -0.167. The molecule has 0 aromatic carbocycles. The number of esters is 3. The van der Waals surface area contributed by atoms with Crippen molar-refractivity contribution >= 4 is 17.9 Å². The number of unbranched alkanes of at least 4 members (excludes halogenated alkanes) is 34. The fourth-order valence-electron chi connectivity index (χ4n) is 8.64. The van der Waals surface area contributed by atoms with Gasteiger partial charge in [-0.05, 0) is 83.5 Å². The van der Waals surface area contributed by atoms with Gasteiger partial charge in [0.05, 0.1) is 0 Å². The van der Waals surface area contributed by atoms with Crippen molar-refractivity contribution < 1.29 is 28.6 Å². The van der Waals surface area contributed by atoms with Gasteiger partial charge in [0.2, 0.25) is 0 Å². The standard InChI is InChI=1S/C64H114O6/c1-4-7-10-13-16-18-20-22-24-25-26-27-28-29-30-31-32-33-34-35-36-37-38-39-40-42-43-45-48-51-54-57-63(66)69-60-61(59-68-62(65)56-53-50-47-15-12-9-6-3)70-64(67)58-55-52-49-46-44-41-23-21-19-17-14-11-8-5-2/h14,17,20-23,25-26,28-29,61H,4-13,15-16,18-19,24,27,30-60H2,1-3H3/b17-14-,22-20-,23-21-,26-25-,29-28-. The zero-order valence-electron chi connectivity index (χ0n) is 46.5. The normalized spacial score (nSPS) is 12.4. The number of carbonyl (C=O) groups is 3. The Morgan fingerprint density at radius 2 is 0.529 bits per heavy atom. The quantitative estimate of drug-likeness (QED) is 0.0261. The van der Waals surface area contributed by atoms with Crippen LogP contribution in [0.5, 0.6) is 0 Å². The predicted octanol–water partition coefficient (Wildman–Crippen LogP) is 20.4. The second-order valence-electron chi connectivity index (χ2n) is 20.3. The van der Waals surface area contributed by atoms with Crippen molar-refractivity contribution in [1.82, 2.24) is 0 Å². The van der Waals surface area contributed by atoms with Crippen LogP contribution in [0.3, 0.4) is 0 Å². The first-order chi connectivity index (χ1) is 34.5. The van der Waals surface area contributed by atoms with Crippen LogP contribution in [0.1, 0.15) is 310 Å². The second-order valence-corrected chi connectivity index (χ2v) is 20.3. The summed E-state index contributed by atoms with van der Waals surface area (Å²) in [4.78, 5) is 37.9. The Morgan fingerprint density at radius 3 is 0.843 bits per heavy atom. The van der Waals surface area contributed by atoms with Crippen LogP contribution < -0.4 is 0 Å². The largest absolute Gasteiger partial charge is 0.462 e. The highest BCUT2D eigenvalue weighted by Crippen LogP contribution is 2.16. The fraction of sp³-hybridized carbons (Fsp3) is 0.797. The molecule has 1 unspecified atom stereocenters. The van der Waals surface area contributed by atoms with Gasteiger partial charge in [0.1, 0.15) is 13.2 Å². The van der Waals surface area contributed by atoms with Gasteiger partial charge in [0.15, 0.2) is 6.10 Å². The summed E-state index contributed by atoms with van der Waals surface area (Å²) >= 11 is 0. The lowest BCUT2D eigenvalue weighted by atomic mass is 10.0. The number of carbonyl (C=O) groups excluding carboxylic acids is 3. The van der Waals surface area contributed by atoms with Gasteiger partial charge < -0.3 is 14.2 Å². The topological polar surface area (TPSA) is 78.9 Å². The smallest absolute Gasteiger partial charge is 0.306 e. The molecule has 6 heteroatoms. The molecule has 1 atom stereocenters. The Bertz CT molecular complexity index is 1260. The Hall–Kier alpha value is -2.89. The van der Waals surface area contributed by atoms with Crippen LogP contribution in [0.4, 0.5) is 0 Å². The van der Waals surface area contributed by atoms with Crippen LogP contribution in [0, 0.1) is 0 Å². The Balaban J connectivity index is 4.03. The van der Waals surface area contributed by atoms with E-state index < -0.39 is 6.10 Å². The molecule has 0 aliphatic heterocycles. The summed E-state index contributed by atoms with van der Waals surface area (Å²) in [6, 6.07) is 0. The highest BCUT2D eigenvalue weighted by molar-refractivity contribution is 5.71. The number of rotatable bonds is 55. The van der Waals surface area contributed by atoms with E-state index in [2.05, 4.69) is 81.5 Å². The average molecular weight is 980 g/mol. The maximum absolute atomic E-state index is 12.8. The van der Waals surface area contributed by atoms with Crippen molar-refractivity contribution in [2.45, 2.75) is 316 Å². The molecule has 0 N–H and O–H groups in total. The lowest BCUT2D eigenvalue weighted by Crippen LogP contribution is -2.30. The minimum absolute atomic E-state index is 0.0772. The first-order valence-corrected chi connectivity index (χ1v) is 30.3. The highest BCUT2D eigenvalue weighted by Gasteiger charge is 2.19. The van der Waals surface area contributed by atoms with Crippen molar-refractivity contribution in [3.8, 4) is 0 Å². The van der Waals surface area contributed by atoms with E-state index in [1.165, 1.54) is 173 Å². The molecule has 0 radical (unpaired) electrons. The zero-order valence-corrected chi connectivity index (χ0v) is 46.5. The number of allylic oxidation sites excluding steroid dienone is 10. The lowest BCUT2D eigenvalue weighted by Gasteiger charge is -2.18. The third kappa shape index (κ3) is 56.0. The summed E-state index contributed by atoms with van der Waals surface area (Å²) in [6.07, 6.45) is 74.0. The van der Waals surface area contributed by atoms with Gasteiger partial charge in [-0.3, -0.25) is 14.4 Å². The van der Waals surface area contributed by atoms with E-state index in [4.69, 9.17) is 14.2 Å². The first kappa shape index (κ1) is 67.1. The molecule has 0 spiro atoms. The molecule has 0 amide bonds. The number of ether oxygens (including phenoxy) is 3. The minimum Gasteiger partial charge on any atom is -0.462 e. The molecule has 0 rings (SSSR count). The molecule has 0 bridgehead atoms. The predicted molar refractivity (Wildman–Crippen MR) is 302 cm³/mol. The first-order valence-electron chi connectivity index (χ1n) is 30.3. The Labute approximate surface area is 434 Å². The average Bonchev–Trinajstić information content (AvgIpc) is 3.36. The van der Waals surface area contributed by atoms with Crippen LogP contribution in [-0.2, 0) is 28.6 Å². The van der Waals surface area contributed by atoms with Gasteiger partial charge >= 0.3 is 17.9 Å². The summed E-state index contributed by atoms with van der Waals surface area (Å²) in [5.41, 5.74) is 0. The summed E-state index contributed by atoms with van der Waals surface area (Å²) in [5, 5.41) is 0. The third-order valence-corrected chi connectivity index (χ3v) is 13.2. The van der Waals surface area contributed by atoms with Gasteiger partial charge in [0.25, 0.3) is 0 Å². The molecule has 0 aliphatic rings. The second kappa shape index (κ2) is 58.7. The zero-order chi connectivity index (χ0) is 50.7. The van der Waals surface area contributed by atoms with E-state index in [-0.39, 0.29) is 31.1 Å². The molecule has 0 aromatic heterocycles. The van der Waals surface area contributed by atoms with E-state index in [0.29, 0.717) is 19.3 Å². The fourth-order valence-corrected chi connectivity index (χ4v) is 8.64. The molecule has 0 aromatic rings. The molecule has 0 saturated heterocycles. The van der Waals surface area contributed by atoms with E-state index in [1.54, 1.807) is 0 Å². The van der Waals surface area contributed by atoms with E-state index in [0.717, 1.165) is 96.3 Å². The Morgan fingerprint density at radius 1 is 0.286 bits per heavy atom. The molecule has 406 valence electrons. The minimum atomic E-state index is -0.777. The monoisotopic (exact) mass is 979 g/mol. The van der Waals surface area contributed by atoms with Gasteiger partial charge in [0, 0.05) is 19.3 Å². The summed E-state index contributed by atoms with van der Waals surface area (Å²) in [7, 11) is 0. The highest BCUT2D eigenvalue weighted by atomic mass is 16.6. The molecule has 70 heavy (non-hydrogen) atoms. The molecule has 0 heterocycles.